The van der Waals surface area contributed by atoms with Gasteiger partial charge in [0.2, 0.25) is 0 Å². The Kier molecular flexibility index (Phi) is 6.65. The van der Waals surface area contributed by atoms with E-state index < -0.39 is 0 Å². The van der Waals surface area contributed by atoms with Gasteiger partial charge in [-0.25, -0.2) is 0 Å². The Morgan fingerprint density at radius 3 is 1.80 bits per heavy atom. The van der Waals surface area contributed by atoms with E-state index in [0.29, 0.717) is 0 Å². The first kappa shape index (κ1) is 33.0. The van der Waals surface area contributed by atoms with Crippen molar-refractivity contribution >= 4 is 38.9 Å². The predicted molar refractivity (Wildman–Crippen MR) is 243 cm³/mol. The molecule has 8 aromatic rings. The van der Waals surface area contributed by atoms with Gasteiger partial charge in [0, 0.05) is 44.4 Å². The minimum absolute atomic E-state index is 0.111. The van der Waals surface area contributed by atoms with Crippen LogP contribution in [0.15, 0.2) is 158 Å². The topological polar surface area (TPSA) is 8.17 Å². The molecular formula is C57H48N2. The second-order valence-corrected chi connectivity index (χ2v) is 19.2. The van der Waals surface area contributed by atoms with Crippen LogP contribution in [0.2, 0.25) is 0 Å². The van der Waals surface area contributed by atoms with Crippen molar-refractivity contribution in [3.63, 3.8) is 0 Å². The molecule has 0 saturated heterocycles. The van der Waals surface area contributed by atoms with Crippen molar-refractivity contribution in [3.05, 3.63) is 180 Å². The van der Waals surface area contributed by atoms with Gasteiger partial charge < -0.3 is 9.47 Å². The number of para-hydroxylation sites is 2. The van der Waals surface area contributed by atoms with E-state index in [-0.39, 0.29) is 10.8 Å². The Labute approximate surface area is 347 Å². The molecule has 4 bridgehead atoms. The summed E-state index contributed by atoms with van der Waals surface area (Å²) in [5.74, 6) is 3.29. The molecule has 2 nitrogen and oxygen atoms in total. The molecule has 2 heteroatoms. The van der Waals surface area contributed by atoms with Crippen LogP contribution in [0, 0.1) is 23.7 Å². The van der Waals surface area contributed by atoms with Gasteiger partial charge in [-0.05, 0) is 174 Å². The van der Waals surface area contributed by atoms with Crippen molar-refractivity contribution in [1.29, 1.82) is 0 Å². The minimum atomic E-state index is 0.111. The van der Waals surface area contributed by atoms with Gasteiger partial charge in [-0.3, -0.25) is 0 Å². The molecule has 0 N–H and O–H groups in total. The molecule has 5 fully saturated rings. The van der Waals surface area contributed by atoms with Gasteiger partial charge in [-0.2, -0.15) is 0 Å². The van der Waals surface area contributed by atoms with E-state index in [1.165, 1.54) is 125 Å². The van der Waals surface area contributed by atoms with Gasteiger partial charge in [0.1, 0.15) is 0 Å². The van der Waals surface area contributed by atoms with E-state index in [9.17, 15) is 0 Å². The Balaban J connectivity index is 1.01. The second-order valence-electron chi connectivity index (χ2n) is 19.2. The molecule has 15 rings (SSSR count). The number of aromatic nitrogens is 1. The van der Waals surface area contributed by atoms with E-state index in [1.54, 1.807) is 22.3 Å². The van der Waals surface area contributed by atoms with Crippen LogP contribution in [-0.4, -0.2) is 4.57 Å². The molecule has 0 atom stereocenters. The lowest BCUT2D eigenvalue weighted by Gasteiger charge is -2.61. The molecule has 2 spiro atoms. The summed E-state index contributed by atoms with van der Waals surface area (Å²) in [6.07, 6.45) is 12.1. The number of nitrogens with zero attached hydrogens (tertiary/aromatic N) is 2. The maximum atomic E-state index is 2.68. The molecule has 5 saturated carbocycles. The minimum Gasteiger partial charge on any atom is -0.310 e. The maximum absolute atomic E-state index is 2.68. The third kappa shape index (κ3) is 4.27. The summed E-state index contributed by atoms with van der Waals surface area (Å²) in [5, 5.41) is 2.57. The number of hydrogen-bond acceptors (Lipinski definition) is 1. The van der Waals surface area contributed by atoms with Crippen molar-refractivity contribution in [1.82, 2.24) is 4.57 Å². The summed E-state index contributed by atoms with van der Waals surface area (Å²) in [7, 11) is 0. The fraction of sp³-hybridized carbons (Fsp3) is 0.263. The lowest BCUT2D eigenvalue weighted by Crippen LogP contribution is -2.55. The number of fused-ring (bicyclic) bond motifs is 11. The molecule has 286 valence electrons. The number of anilines is 3. The van der Waals surface area contributed by atoms with Gasteiger partial charge in [0.05, 0.1) is 11.0 Å². The number of hydrogen-bond donors (Lipinski definition) is 0. The molecular weight excluding hydrogens is 713 g/mol. The highest BCUT2D eigenvalue weighted by Crippen LogP contribution is 2.70. The highest BCUT2D eigenvalue weighted by atomic mass is 15.1. The Bertz CT molecular complexity index is 3000. The van der Waals surface area contributed by atoms with E-state index in [2.05, 4.69) is 167 Å². The Hall–Kier alpha value is -5.86. The molecule has 0 unspecified atom stereocenters. The SMILES string of the molecule is c1ccc(-n2c3ccccc3c3cc(N(c4ccc5c(c4)-c4ccccc4C54CCCC4)c4ccc5c(c4)C4(c6ccccc6-5)C5CC6CC(C5)CC4C6)ccc32)cc1. The zero-order valence-electron chi connectivity index (χ0n) is 33.6. The zero-order valence-corrected chi connectivity index (χ0v) is 33.6. The van der Waals surface area contributed by atoms with E-state index in [1.807, 2.05) is 0 Å². The summed E-state index contributed by atoms with van der Waals surface area (Å²) >= 11 is 0. The summed E-state index contributed by atoms with van der Waals surface area (Å²) in [4.78, 5) is 2.61. The molecule has 0 aliphatic heterocycles. The van der Waals surface area contributed by atoms with Crippen molar-refractivity contribution in [2.45, 2.75) is 68.6 Å². The Morgan fingerprint density at radius 1 is 0.424 bits per heavy atom. The quantitative estimate of drug-likeness (QED) is 0.173. The third-order valence-electron chi connectivity index (χ3n) is 16.7. The summed E-state index contributed by atoms with van der Waals surface area (Å²) in [5.41, 5.74) is 19.8. The van der Waals surface area contributed by atoms with Crippen LogP contribution >= 0.6 is 0 Å². The van der Waals surface area contributed by atoms with Crippen molar-refractivity contribution in [2.75, 3.05) is 4.90 Å². The number of rotatable bonds is 4. The monoisotopic (exact) mass is 760 g/mol. The van der Waals surface area contributed by atoms with Gasteiger partial charge in [-0.1, -0.05) is 110 Å². The van der Waals surface area contributed by atoms with Crippen molar-refractivity contribution in [2.24, 2.45) is 23.7 Å². The fourth-order valence-corrected chi connectivity index (χ4v) is 14.8. The molecule has 7 aromatic carbocycles. The Morgan fingerprint density at radius 2 is 1.00 bits per heavy atom. The first-order chi connectivity index (χ1) is 29.2. The van der Waals surface area contributed by atoms with Crippen LogP contribution in [0.25, 0.3) is 49.7 Å². The van der Waals surface area contributed by atoms with E-state index in [4.69, 9.17) is 0 Å². The standard InChI is InChI=1S/C57H48N2/c1-2-12-40(13-3-1)59-54-19-9-6-16-47(54)49-34-42(22-25-55(49)59)58(41-21-24-51-48(33-41)45-15-4-7-17-50(45)56(51)26-10-11-27-56)43-20-23-46-44-14-5-8-18-52(44)57(53(46)35-43)38-29-36-28-37(31-38)32-39(57)30-36/h1-9,12-25,33-39H,10-11,26-32H2. The molecule has 0 radical (unpaired) electrons. The highest BCUT2D eigenvalue weighted by Gasteiger charge is 2.61. The van der Waals surface area contributed by atoms with E-state index in [0.717, 1.165) is 23.7 Å². The molecule has 7 aliphatic rings. The van der Waals surface area contributed by atoms with Gasteiger partial charge in [-0.15, -0.1) is 0 Å². The second kappa shape index (κ2) is 11.9. The van der Waals surface area contributed by atoms with Gasteiger partial charge in [0.25, 0.3) is 0 Å². The van der Waals surface area contributed by atoms with Crippen molar-refractivity contribution in [3.8, 4) is 27.9 Å². The average molecular weight is 761 g/mol. The first-order valence-corrected chi connectivity index (χ1v) is 22.6. The first-order valence-electron chi connectivity index (χ1n) is 22.6. The van der Waals surface area contributed by atoms with Crippen LogP contribution in [0.1, 0.15) is 80.0 Å². The lowest BCUT2D eigenvalue weighted by molar-refractivity contribution is -0.0399. The summed E-state index contributed by atoms with van der Waals surface area (Å²) in [6, 6.07) is 61.1. The zero-order chi connectivity index (χ0) is 38.5. The molecule has 1 heterocycles. The van der Waals surface area contributed by atoms with Crippen LogP contribution < -0.4 is 4.90 Å². The smallest absolute Gasteiger partial charge is 0.0542 e. The predicted octanol–water partition coefficient (Wildman–Crippen LogP) is 14.8. The highest BCUT2D eigenvalue weighted by molar-refractivity contribution is 6.10. The lowest BCUT2D eigenvalue weighted by atomic mass is 9.43. The van der Waals surface area contributed by atoms with Crippen LogP contribution in [0.5, 0.6) is 0 Å². The van der Waals surface area contributed by atoms with Crippen LogP contribution in [0.3, 0.4) is 0 Å². The van der Waals surface area contributed by atoms with Crippen molar-refractivity contribution < 1.29 is 0 Å². The molecule has 0 amide bonds. The summed E-state index contributed by atoms with van der Waals surface area (Å²) < 4.78 is 2.44. The average Bonchev–Trinajstić information content (AvgIpc) is 4.04. The third-order valence-corrected chi connectivity index (χ3v) is 16.7. The summed E-state index contributed by atoms with van der Waals surface area (Å²) in [6.45, 7) is 0. The fourth-order valence-electron chi connectivity index (χ4n) is 14.8. The normalized spacial score (nSPS) is 24.9. The van der Waals surface area contributed by atoms with Gasteiger partial charge in [0.15, 0.2) is 0 Å². The molecule has 1 aromatic heterocycles. The maximum Gasteiger partial charge on any atom is 0.0542 e. The van der Waals surface area contributed by atoms with Crippen LogP contribution in [-0.2, 0) is 10.8 Å². The molecule has 59 heavy (non-hydrogen) atoms. The van der Waals surface area contributed by atoms with Crippen LogP contribution in [0.4, 0.5) is 17.1 Å². The number of benzene rings is 7. The largest absolute Gasteiger partial charge is 0.310 e. The molecule has 7 aliphatic carbocycles. The van der Waals surface area contributed by atoms with Gasteiger partial charge >= 0.3 is 0 Å². The van der Waals surface area contributed by atoms with E-state index >= 15 is 0 Å².